The predicted octanol–water partition coefficient (Wildman–Crippen LogP) is 3.45. The van der Waals surface area contributed by atoms with Gasteiger partial charge in [0.1, 0.15) is 6.07 Å². The number of non-ortho nitro benzene ring substituents is 1. The lowest BCUT2D eigenvalue weighted by atomic mass is 10.1. The summed E-state index contributed by atoms with van der Waals surface area (Å²) in [7, 11) is 0. The number of rotatable bonds is 5. The van der Waals surface area contributed by atoms with Crippen molar-refractivity contribution in [1.82, 2.24) is 4.98 Å². The van der Waals surface area contributed by atoms with Gasteiger partial charge in [-0.05, 0) is 31.5 Å². The fraction of sp³-hybridized carbons (Fsp3) is 0.250. The van der Waals surface area contributed by atoms with Gasteiger partial charge in [-0.25, -0.2) is 0 Å². The second-order valence-electron chi connectivity index (χ2n) is 4.82. The molecule has 0 amide bonds. The van der Waals surface area contributed by atoms with Crippen molar-refractivity contribution >= 4 is 11.4 Å². The summed E-state index contributed by atoms with van der Waals surface area (Å²) in [6, 6.07) is 10.3. The molecule has 0 fully saturated rings. The molecule has 0 aliphatic rings. The molecule has 1 aromatic carbocycles. The molecule has 0 N–H and O–H groups in total. The summed E-state index contributed by atoms with van der Waals surface area (Å²) in [5, 5.41) is 20.2. The second-order valence-corrected chi connectivity index (χ2v) is 4.82. The normalized spacial score (nSPS) is 11.5. The van der Waals surface area contributed by atoms with Crippen LogP contribution in [0.25, 0.3) is 0 Å². The van der Waals surface area contributed by atoms with Gasteiger partial charge in [0.25, 0.3) is 5.69 Å². The minimum atomic E-state index is -0.495. The lowest BCUT2D eigenvalue weighted by molar-refractivity contribution is -0.384. The summed E-state index contributed by atoms with van der Waals surface area (Å²) < 4.78 is 0. The lowest BCUT2D eigenvalue weighted by Crippen LogP contribution is -2.27. The Hall–Kier alpha value is -2.94. The summed E-state index contributed by atoms with van der Waals surface area (Å²) in [5.41, 5.74) is 1.93. The zero-order valence-corrected chi connectivity index (χ0v) is 12.4. The van der Waals surface area contributed by atoms with Crippen LogP contribution in [-0.2, 0) is 0 Å². The molecule has 6 heteroatoms. The third-order valence-corrected chi connectivity index (χ3v) is 3.60. The molecule has 0 radical (unpaired) electrons. The molecule has 1 aromatic heterocycles. The van der Waals surface area contributed by atoms with Crippen LogP contribution in [0.5, 0.6) is 0 Å². The molecular formula is C16H16N4O2. The van der Waals surface area contributed by atoms with Gasteiger partial charge in [-0.2, -0.15) is 5.26 Å². The van der Waals surface area contributed by atoms with Crippen molar-refractivity contribution in [3.05, 3.63) is 64.0 Å². The molecule has 1 unspecified atom stereocenters. The standard InChI is InChI=1S/C16H16N4O2/c1-3-19(12(2)13-5-4-8-18-11-13)16-7-6-15(20(21)22)9-14(16)10-17/h4-9,11-12H,3H2,1-2H3. The molecule has 0 bridgehead atoms. The van der Waals surface area contributed by atoms with Gasteiger partial charge >= 0.3 is 0 Å². The highest BCUT2D eigenvalue weighted by molar-refractivity contribution is 5.63. The third kappa shape index (κ3) is 3.04. The molecular weight excluding hydrogens is 280 g/mol. The monoisotopic (exact) mass is 296 g/mol. The average Bonchev–Trinajstić information content (AvgIpc) is 2.56. The first-order valence-electron chi connectivity index (χ1n) is 6.93. The Morgan fingerprint density at radius 1 is 1.45 bits per heavy atom. The Morgan fingerprint density at radius 3 is 2.77 bits per heavy atom. The topological polar surface area (TPSA) is 83.1 Å². The molecule has 22 heavy (non-hydrogen) atoms. The van der Waals surface area contributed by atoms with Gasteiger partial charge in [-0.3, -0.25) is 15.1 Å². The van der Waals surface area contributed by atoms with Crippen LogP contribution in [-0.4, -0.2) is 16.5 Å². The first-order chi connectivity index (χ1) is 10.6. The van der Waals surface area contributed by atoms with Crippen LogP contribution < -0.4 is 4.90 Å². The highest BCUT2D eigenvalue weighted by Crippen LogP contribution is 2.31. The number of nitriles is 1. The van der Waals surface area contributed by atoms with E-state index in [-0.39, 0.29) is 11.7 Å². The van der Waals surface area contributed by atoms with Crippen molar-refractivity contribution in [3.8, 4) is 6.07 Å². The number of aromatic nitrogens is 1. The van der Waals surface area contributed by atoms with E-state index in [4.69, 9.17) is 0 Å². The predicted molar refractivity (Wildman–Crippen MR) is 83.5 cm³/mol. The second kappa shape index (κ2) is 6.68. The van der Waals surface area contributed by atoms with Crippen LogP contribution in [0.4, 0.5) is 11.4 Å². The molecule has 0 aliphatic heterocycles. The molecule has 1 heterocycles. The van der Waals surface area contributed by atoms with Gasteiger partial charge in [0.05, 0.1) is 22.2 Å². The number of hydrogen-bond donors (Lipinski definition) is 0. The molecule has 6 nitrogen and oxygen atoms in total. The molecule has 2 aromatic rings. The van der Waals surface area contributed by atoms with E-state index in [1.807, 2.05) is 30.9 Å². The van der Waals surface area contributed by atoms with E-state index in [0.717, 1.165) is 5.56 Å². The van der Waals surface area contributed by atoms with Crippen LogP contribution in [0, 0.1) is 21.4 Å². The van der Waals surface area contributed by atoms with Crippen LogP contribution in [0.15, 0.2) is 42.7 Å². The lowest BCUT2D eigenvalue weighted by Gasteiger charge is -2.31. The maximum Gasteiger partial charge on any atom is 0.270 e. The molecule has 0 spiro atoms. The van der Waals surface area contributed by atoms with Gasteiger partial charge in [0.2, 0.25) is 0 Å². The highest BCUT2D eigenvalue weighted by Gasteiger charge is 2.20. The van der Waals surface area contributed by atoms with Gasteiger partial charge in [0.15, 0.2) is 0 Å². The molecule has 0 aliphatic carbocycles. The minimum absolute atomic E-state index is 0.00672. The van der Waals surface area contributed by atoms with Crippen LogP contribution in [0.1, 0.15) is 31.0 Å². The van der Waals surface area contributed by atoms with Gasteiger partial charge < -0.3 is 4.90 Å². The van der Waals surface area contributed by atoms with Crippen molar-refractivity contribution < 1.29 is 4.92 Å². The van der Waals surface area contributed by atoms with E-state index in [0.29, 0.717) is 17.8 Å². The Morgan fingerprint density at radius 2 is 2.23 bits per heavy atom. The van der Waals surface area contributed by atoms with E-state index in [9.17, 15) is 15.4 Å². The van der Waals surface area contributed by atoms with Gasteiger partial charge in [-0.15, -0.1) is 0 Å². The van der Waals surface area contributed by atoms with E-state index in [1.54, 1.807) is 18.5 Å². The Bertz CT molecular complexity index is 710. The van der Waals surface area contributed by atoms with E-state index < -0.39 is 4.92 Å². The van der Waals surface area contributed by atoms with Crippen LogP contribution in [0.2, 0.25) is 0 Å². The molecule has 1 atom stereocenters. The quantitative estimate of drug-likeness (QED) is 0.623. The number of benzene rings is 1. The van der Waals surface area contributed by atoms with Crippen LogP contribution >= 0.6 is 0 Å². The summed E-state index contributed by atoms with van der Waals surface area (Å²) in [6.45, 7) is 4.67. The van der Waals surface area contributed by atoms with Crippen molar-refractivity contribution in [2.45, 2.75) is 19.9 Å². The highest BCUT2D eigenvalue weighted by atomic mass is 16.6. The average molecular weight is 296 g/mol. The van der Waals surface area contributed by atoms with E-state index in [2.05, 4.69) is 11.1 Å². The first kappa shape index (κ1) is 15.4. The maximum absolute atomic E-state index is 10.8. The third-order valence-electron chi connectivity index (χ3n) is 3.60. The van der Waals surface area contributed by atoms with Crippen molar-refractivity contribution in [1.29, 1.82) is 5.26 Å². The molecule has 0 saturated carbocycles. The summed E-state index contributed by atoms with van der Waals surface area (Å²) >= 11 is 0. The zero-order valence-electron chi connectivity index (χ0n) is 12.4. The number of anilines is 1. The summed E-state index contributed by atoms with van der Waals surface area (Å²) in [4.78, 5) is 16.5. The number of pyridine rings is 1. The molecule has 112 valence electrons. The number of nitro groups is 1. The van der Waals surface area contributed by atoms with Gasteiger partial charge in [0, 0.05) is 31.1 Å². The fourth-order valence-electron chi connectivity index (χ4n) is 2.43. The Kier molecular flexibility index (Phi) is 4.69. The number of nitrogens with zero attached hydrogens (tertiary/aromatic N) is 4. The summed E-state index contributed by atoms with van der Waals surface area (Å²) in [6.07, 6.45) is 3.49. The Labute approximate surface area is 128 Å². The first-order valence-corrected chi connectivity index (χ1v) is 6.93. The minimum Gasteiger partial charge on any atom is -0.364 e. The smallest absolute Gasteiger partial charge is 0.270 e. The van der Waals surface area contributed by atoms with Gasteiger partial charge in [-0.1, -0.05) is 6.07 Å². The fourth-order valence-corrected chi connectivity index (χ4v) is 2.43. The van der Waals surface area contributed by atoms with Crippen molar-refractivity contribution in [2.75, 3.05) is 11.4 Å². The zero-order chi connectivity index (χ0) is 16.1. The number of hydrogen-bond acceptors (Lipinski definition) is 5. The molecule has 2 rings (SSSR count). The van der Waals surface area contributed by atoms with Crippen LogP contribution in [0.3, 0.4) is 0 Å². The molecule has 0 saturated heterocycles. The summed E-state index contributed by atoms with van der Waals surface area (Å²) in [5.74, 6) is 0. The largest absolute Gasteiger partial charge is 0.364 e. The number of nitro benzene ring substituents is 1. The Balaban J connectivity index is 2.43. The van der Waals surface area contributed by atoms with Crippen molar-refractivity contribution in [2.24, 2.45) is 0 Å². The van der Waals surface area contributed by atoms with E-state index in [1.165, 1.54) is 12.1 Å². The maximum atomic E-state index is 10.8. The van der Waals surface area contributed by atoms with Crippen molar-refractivity contribution in [3.63, 3.8) is 0 Å². The SMILES string of the molecule is CCN(c1ccc([N+](=O)[O-])cc1C#N)C(C)c1cccnc1. The van der Waals surface area contributed by atoms with E-state index >= 15 is 0 Å².